The van der Waals surface area contributed by atoms with E-state index in [9.17, 15) is 14.4 Å². The molecular formula is C29H34O7. The Kier molecular flexibility index (Phi) is 6.86. The summed E-state index contributed by atoms with van der Waals surface area (Å²) >= 11 is 0. The second-order valence-electron chi connectivity index (χ2n) is 10.1. The predicted octanol–water partition coefficient (Wildman–Crippen LogP) is 4.54. The highest BCUT2D eigenvalue weighted by molar-refractivity contribution is 6.17. The van der Waals surface area contributed by atoms with Crippen molar-refractivity contribution in [3.05, 3.63) is 59.7 Å². The van der Waals surface area contributed by atoms with Gasteiger partial charge < -0.3 is 18.9 Å². The Morgan fingerprint density at radius 2 is 1.17 bits per heavy atom. The van der Waals surface area contributed by atoms with Crippen LogP contribution in [-0.2, 0) is 23.9 Å². The van der Waals surface area contributed by atoms with E-state index in [4.69, 9.17) is 18.9 Å². The molecule has 0 saturated heterocycles. The van der Waals surface area contributed by atoms with Crippen molar-refractivity contribution in [2.24, 2.45) is 22.7 Å². The number of hydrogen-bond donors (Lipinski definition) is 0. The van der Waals surface area contributed by atoms with E-state index < -0.39 is 40.4 Å². The first-order valence-electron chi connectivity index (χ1n) is 12.2. The van der Waals surface area contributed by atoms with Crippen molar-refractivity contribution in [2.45, 2.75) is 38.5 Å². The summed E-state index contributed by atoms with van der Waals surface area (Å²) in [5.74, 6) is -1.94. The molecule has 0 aromatic heterocycles. The van der Waals surface area contributed by atoms with Crippen molar-refractivity contribution in [3.63, 3.8) is 0 Å². The van der Waals surface area contributed by atoms with Gasteiger partial charge in [-0.05, 0) is 60.1 Å². The lowest BCUT2D eigenvalue weighted by Gasteiger charge is -2.59. The molecule has 4 rings (SSSR count). The Morgan fingerprint density at radius 1 is 0.750 bits per heavy atom. The number of rotatable bonds is 6. The summed E-state index contributed by atoms with van der Waals surface area (Å²) in [7, 11) is 5.75. The molecular weight excluding hydrogens is 460 g/mol. The third-order valence-corrected chi connectivity index (χ3v) is 8.27. The van der Waals surface area contributed by atoms with Crippen LogP contribution < -0.4 is 9.47 Å². The fraction of sp³-hybridized carbons (Fsp3) is 0.483. The zero-order chi connectivity index (χ0) is 26.3. The summed E-state index contributed by atoms with van der Waals surface area (Å²) in [5, 5.41) is 0. The second-order valence-corrected chi connectivity index (χ2v) is 10.1. The first kappa shape index (κ1) is 25.7. The van der Waals surface area contributed by atoms with Crippen molar-refractivity contribution in [1.82, 2.24) is 0 Å². The molecule has 192 valence electrons. The average molecular weight is 495 g/mol. The van der Waals surface area contributed by atoms with E-state index in [0.717, 1.165) is 11.1 Å². The van der Waals surface area contributed by atoms with Crippen molar-refractivity contribution < 1.29 is 33.3 Å². The van der Waals surface area contributed by atoms with Crippen LogP contribution in [0.15, 0.2) is 48.5 Å². The van der Waals surface area contributed by atoms with Crippen LogP contribution in [0.25, 0.3) is 0 Å². The zero-order valence-corrected chi connectivity index (χ0v) is 21.7. The molecule has 0 aliphatic heterocycles. The van der Waals surface area contributed by atoms with Crippen LogP contribution in [0.4, 0.5) is 0 Å². The minimum absolute atomic E-state index is 0.116. The van der Waals surface area contributed by atoms with Gasteiger partial charge in [0.25, 0.3) is 0 Å². The van der Waals surface area contributed by atoms with Crippen molar-refractivity contribution >= 4 is 17.7 Å². The molecule has 0 N–H and O–H groups in total. The van der Waals surface area contributed by atoms with Crippen LogP contribution in [0.2, 0.25) is 0 Å². The fourth-order valence-corrected chi connectivity index (χ4v) is 7.20. The maximum absolute atomic E-state index is 14.8. The van der Waals surface area contributed by atoms with Crippen LogP contribution in [0.3, 0.4) is 0 Å². The standard InChI is InChI=1S/C29H34O7/c1-17-15-28(26(31)35-5)23(19-9-7-11-21(13-19)33-3)18(2)24(20-10-8-12-22(14-20)34-4)29(16-17,25(28)30)27(32)36-6/h7-14,17-18,23-24H,15-16H2,1-6H3. The molecule has 4 unspecified atom stereocenters. The van der Waals surface area contributed by atoms with Gasteiger partial charge in [0.1, 0.15) is 22.3 Å². The van der Waals surface area contributed by atoms with E-state index in [2.05, 4.69) is 0 Å². The molecule has 0 amide bonds. The molecule has 7 heteroatoms. The van der Waals surface area contributed by atoms with Crippen LogP contribution in [0.1, 0.15) is 49.7 Å². The minimum Gasteiger partial charge on any atom is -0.497 e. The largest absolute Gasteiger partial charge is 0.497 e. The first-order valence-corrected chi connectivity index (χ1v) is 12.2. The first-order chi connectivity index (χ1) is 17.2. The maximum atomic E-state index is 14.8. The normalized spacial score (nSPS) is 31.3. The third-order valence-electron chi connectivity index (χ3n) is 8.27. The highest BCUT2D eigenvalue weighted by Crippen LogP contribution is 2.67. The van der Waals surface area contributed by atoms with E-state index in [1.165, 1.54) is 14.2 Å². The zero-order valence-electron chi connectivity index (χ0n) is 21.7. The summed E-state index contributed by atoms with van der Waals surface area (Å²) in [5.41, 5.74) is -1.49. The Hall–Kier alpha value is -3.35. The lowest BCUT2D eigenvalue weighted by atomic mass is 9.40. The van der Waals surface area contributed by atoms with Crippen LogP contribution in [0.5, 0.6) is 11.5 Å². The Balaban J connectivity index is 2.08. The van der Waals surface area contributed by atoms with E-state index >= 15 is 0 Å². The van der Waals surface area contributed by atoms with Gasteiger partial charge in [-0.25, -0.2) is 0 Å². The van der Waals surface area contributed by atoms with E-state index in [1.807, 2.05) is 62.4 Å². The number of ether oxygens (including phenoxy) is 4. The van der Waals surface area contributed by atoms with Crippen LogP contribution >= 0.6 is 0 Å². The number of fused-ring (bicyclic) bond motifs is 2. The van der Waals surface area contributed by atoms with Crippen LogP contribution in [-0.4, -0.2) is 46.2 Å². The number of esters is 2. The summed E-state index contributed by atoms with van der Waals surface area (Å²) in [6, 6.07) is 14.9. The molecule has 2 aliphatic rings. The van der Waals surface area contributed by atoms with Gasteiger partial charge in [-0.15, -0.1) is 0 Å². The smallest absolute Gasteiger partial charge is 0.320 e. The van der Waals surface area contributed by atoms with Gasteiger partial charge in [-0.3, -0.25) is 14.4 Å². The van der Waals surface area contributed by atoms with Crippen molar-refractivity contribution in [3.8, 4) is 11.5 Å². The van der Waals surface area contributed by atoms with Gasteiger partial charge in [0.05, 0.1) is 28.4 Å². The Bertz CT molecular complexity index is 1090. The molecule has 2 bridgehead atoms. The highest BCUT2D eigenvalue weighted by Gasteiger charge is 2.74. The van der Waals surface area contributed by atoms with Crippen molar-refractivity contribution in [2.75, 3.05) is 28.4 Å². The van der Waals surface area contributed by atoms with E-state index in [1.54, 1.807) is 14.2 Å². The van der Waals surface area contributed by atoms with Gasteiger partial charge in [-0.2, -0.15) is 0 Å². The summed E-state index contributed by atoms with van der Waals surface area (Å²) < 4.78 is 21.6. The average Bonchev–Trinajstić information content (AvgIpc) is 2.89. The van der Waals surface area contributed by atoms with Gasteiger partial charge in [0.15, 0.2) is 5.78 Å². The van der Waals surface area contributed by atoms with Gasteiger partial charge in [0.2, 0.25) is 0 Å². The topological polar surface area (TPSA) is 88.1 Å². The summed E-state index contributed by atoms with van der Waals surface area (Å²) in [6.07, 6.45) is 0.572. The molecule has 4 atom stereocenters. The number of carbonyl (C=O) groups excluding carboxylic acids is 3. The lowest BCUT2D eigenvalue weighted by Crippen LogP contribution is -2.67. The predicted molar refractivity (Wildman–Crippen MR) is 133 cm³/mol. The molecule has 36 heavy (non-hydrogen) atoms. The molecule has 0 spiro atoms. The number of Topliss-reactive ketones (excluding diaryl/α,β-unsaturated/α-hetero) is 1. The minimum atomic E-state index is -1.54. The van der Waals surface area contributed by atoms with E-state index in [-0.39, 0.29) is 24.7 Å². The van der Waals surface area contributed by atoms with Crippen LogP contribution in [0, 0.1) is 22.7 Å². The molecule has 0 heterocycles. The quantitative estimate of drug-likeness (QED) is 0.430. The fourth-order valence-electron chi connectivity index (χ4n) is 7.20. The number of hydrogen-bond acceptors (Lipinski definition) is 7. The Labute approximate surface area is 212 Å². The molecule has 2 fully saturated rings. The SMILES string of the molecule is COC(=O)C12CC(C)CC(C(=O)OC)(C1=O)C(c1cccc(OC)c1)C(C)C2c1cccc(OC)c1. The third kappa shape index (κ3) is 3.59. The molecule has 2 saturated carbocycles. The monoisotopic (exact) mass is 494 g/mol. The van der Waals surface area contributed by atoms with Crippen molar-refractivity contribution in [1.29, 1.82) is 0 Å². The second kappa shape index (κ2) is 9.60. The van der Waals surface area contributed by atoms with Gasteiger partial charge in [0, 0.05) is 11.8 Å². The number of benzene rings is 2. The summed E-state index contributed by atoms with van der Waals surface area (Å²) in [4.78, 5) is 42.1. The number of methoxy groups -OCH3 is 4. The number of carbonyl (C=O) groups is 3. The molecule has 2 aromatic rings. The molecule has 7 nitrogen and oxygen atoms in total. The van der Waals surface area contributed by atoms with Gasteiger partial charge >= 0.3 is 11.9 Å². The molecule has 2 aromatic carbocycles. The molecule has 2 aliphatic carbocycles. The molecule has 0 radical (unpaired) electrons. The van der Waals surface area contributed by atoms with E-state index in [0.29, 0.717) is 11.5 Å². The van der Waals surface area contributed by atoms with Gasteiger partial charge in [-0.1, -0.05) is 38.1 Å². The highest BCUT2D eigenvalue weighted by atomic mass is 16.5. The maximum Gasteiger partial charge on any atom is 0.320 e. The lowest BCUT2D eigenvalue weighted by molar-refractivity contribution is -0.189. The Morgan fingerprint density at radius 3 is 1.53 bits per heavy atom. The summed E-state index contributed by atoms with van der Waals surface area (Å²) in [6.45, 7) is 3.98. The number of ketones is 1.